The van der Waals surface area contributed by atoms with E-state index < -0.39 is 42.5 Å². The Morgan fingerprint density at radius 1 is 0.976 bits per heavy atom. The van der Waals surface area contributed by atoms with E-state index in [2.05, 4.69) is 20.2 Å². The zero-order valence-corrected chi connectivity index (χ0v) is 21.8. The van der Waals surface area contributed by atoms with Gasteiger partial charge in [0, 0.05) is 6.42 Å². The van der Waals surface area contributed by atoms with Gasteiger partial charge in [0.2, 0.25) is 0 Å². The van der Waals surface area contributed by atoms with E-state index >= 15 is 0 Å². The second-order valence-corrected chi connectivity index (χ2v) is 9.86. The first-order valence-corrected chi connectivity index (χ1v) is 12.9. The number of benzene rings is 3. The van der Waals surface area contributed by atoms with E-state index in [1.54, 1.807) is 36.4 Å². The SMILES string of the molecule is Cc1ccc(N2C(=O)[C@H]3N=NN(CC(=O)N4N=C(c5ccc(OC(F)F)cc5)C[C@@H]4c4ccccc4)[C@@H]3C2=O)cc1. The van der Waals surface area contributed by atoms with Crippen molar-refractivity contribution in [2.75, 3.05) is 11.4 Å². The molecule has 208 valence electrons. The molecule has 3 aliphatic heterocycles. The molecule has 1 saturated heterocycles. The van der Waals surface area contributed by atoms with Gasteiger partial charge in [-0.25, -0.2) is 9.91 Å². The van der Waals surface area contributed by atoms with Gasteiger partial charge < -0.3 is 4.74 Å². The van der Waals surface area contributed by atoms with E-state index in [1.807, 2.05) is 37.3 Å². The third kappa shape index (κ3) is 4.92. The maximum atomic E-state index is 13.7. The highest BCUT2D eigenvalue weighted by Gasteiger charge is 2.55. The summed E-state index contributed by atoms with van der Waals surface area (Å²) < 4.78 is 29.6. The highest BCUT2D eigenvalue weighted by atomic mass is 19.3. The fourth-order valence-electron chi connectivity index (χ4n) is 5.19. The predicted molar refractivity (Wildman–Crippen MR) is 143 cm³/mol. The highest BCUT2D eigenvalue weighted by Crippen LogP contribution is 2.35. The van der Waals surface area contributed by atoms with Gasteiger partial charge >= 0.3 is 6.61 Å². The predicted octanol–water partition coefficient (Wildman–Crippen LogP) is 4.27. The second-order valence-electron chi connectivity index (χ2n) is 9.86. The molecule has 1 fully saturated rings. The quantitative estimate of drug-likeness (QED) is 0.403. The summed E-state index contributed by atoms with van der Waals surface area (Å²) in [5.41, 5.74) is 3.49. The molecule has 0 bridgehead atoms. The van der Waals surface area contributed by atoms with Crippen LogP contribution in [0.15, 0.2) is 94.3 Å². The number of aryl methyl sites for hydroxylation is 1. The van der Waals surface area contributed by atoms with Crippen molar-refractivity contribution >= 4 is 29.1 Å². The van der Waals surface area contributed by atoms with E-state index in [9.17, 15) is 23.2 Å². The molecule has 0 radical (unpaired) electrons. The molecule has 3 aromatic carbocycles. The van der Waals surface area contributed by atoms with Gasteiger partial charge in [-0.2, -0.15) is 19.0 Å². The van der Waals surface area contributed by atoms with E-state index in [-0.39, 0.29) is 12.3 Å². The molecule has 0 aliphatic carbocycles. The van der Waals surface area contributed by atoms with Crippen LogP contribution in [0.4, 0.5) is 14.5 Å². The summed E-state index contributed by atoms with van der Waals surface area (Å²) in [5.74, 6) is -1.43. The Morgan fingerprint density at radius 3 is 2.37 bits per heavy atom. The van der Waals surface area contributed by atoms with Crippen LogP contribution < -0.4 is 9.64 Å². The Bertz CT molecular complexity index is 1550. The summed E-state index contributed by atoms with van der Waals surface area (Å²) >= 11 is 0. The molecule has 0 spiro atoms. The Labute approximate surface area is 233 Å². The van der Waals surface area contributed by atoms with Crippen LogP contribution in [0.2, 0.25) is 0 Å². The number of fused-ring (bicyclic) bond motifs is 1. The molecule has 12 heteroatoms. The summed E-state index contributed by atoms with van der Waals surface area (Å²) in [5, 5.41) is 15.2. The van der Waals surface area contributed by atoms with Crippen molar-refractivity contribution < 1.29 is 27.9 Å². The van der Waals surface area contributed by atoms with Crippen molar-refractivity contribution in [3.05, 3.63) is 95.6 Å². The number of alkyl halides is 2. The van der Waals surface area contributed by atoms with Crippen molar-refractivity contribution in [1.82, 2.24) is 10.0 Å². The normalized spacial score (nSPS) is 21.6. The van der Waals surface area contributed by atoms with Crippen molar-refractivity contribution in [2.24, 2.45) is 15.4 Å². The molecule has 0 unspecified atom stereocenters. The van der Waals surface area contributed by atoms with Gasteiger partial charge in [-0.05, 0) is 54.4 Å². The van der Waals surface area contributed by atoms with Crippen molar-refractivity contribution in [1.29, 1.82) is 0 Å². The first kappa shape index (κ1) is 26.2. The number of hydrogen-bond acceptors (Lipinski definition) is 8. The summed E-state index contributed by atoms with van der Waals surface area (Å²) in [7, 11) is 0. The van der Waals surface area contributed by atoms with Crippen molar-refractivity contribution in [2.45, 2.75) is 38.1 Å². The molecule has 3 amide bonds. The summed E-state index contributed by atoms with van der Waals surface area (Å²) in [6.45, 7) is -1.36. The number of halogens is 2. The number of amides is 3. The van der Waals surface area contributed by atoms with Gasteiger partial charge in [0.1, 0.15) is 12.3 Å². The Kier molecular flexibility index (Phi) is 6.73. The van der Waals surface area contributed by atoms with Gasteiger partial charge in [-0.3, -0.25) is 19.4 Å². The molecule has 6 rings (SSSR count). The van der Waals surface area contributed by atoms with Gasteiger partial charge in [0.05, 0.1) is 17.4 Å². The maximum Gasteiger partial charge on any atom is 0.387 e. The van der Waals surface area contributed by atoms with Crippen LogP contribution in [0, 0.1) is 6.92 Å². The first-order chi connectivity index (χ1) is 19.8. The number of hydrogen-bond donors (Lipinski definition) is 0. The van der Waals surface area contributed by atoms with Crippen LogP contribution in [0.25, 0.3) is 0 Å². The number of carbonyl (C=O) groups is 3. The molecule has 0 aromatic heterocycles. The molecular weight excluding hydrogens is 534 g/mol. The topological polar surface area (TPSA) is 107 Å². The molecule has 0 N–H and O–H groups in total. The number of rotatable bonds is 7. The largest absolute Gasteiger partial charge is 0.435 e. The highest BCUT2D eigenvalue weighted by molar-refractivity contribution is 6.25. The molecule has 3 atom stereocenters. The van der Waals surface area contributed by atoms with Gasteiger partial charge in [-0.1, -0.05) is 53.3 Å². The van der Waals surface area contributed by atoms with Gasteiger partial charge in [0.25, 0.3) is 17.7 Å². The molecule has 41 heavy (non-hydrogen) atoms. The molecule has 0 saturated carbocycles. The van der Waals surface area contributed by atoms with Gasteiger partial charge in [-0.15, -0.1) is 0 Å². The van der Waals surface area contributed by atoms with Crippen LogP contribution >= 0.6 is 0 Å². The third-order valence-electron chi connectivity index (χ3n) is 7.21. The minimum atomic E-state index is -2.94. The van der Waals surface area contributed by atoms with Crippen molar-refractivity contribution in [3.63, 3.8) is 0 Å². The summed E-state index contributed by atoms with van der Waals surface area (Å²) in [6.07, 6.45) is 0.372. The minimum absolute atomic E-state index is 0.0132. The fraction of sp³-hybridized carbons (Fsp3) is 0.241. The van der Waals surface area contributed by atoms with E-state index in [4.69, 9.17) is 0 Å². The zero-order chi connectivity index (χ0) is 28.7. The average molecular weight is 559 g/mol. The van der Waals surface area contributed by atoms with E-state index in [0.717, 1.165) is 16.0 Å². The lowest BCUT2D eigenvalue weighted by Crippen LogP contribution is -2.44. The lowest BCUT2D eigenvalue weighted by molar-refractivity contribution is -0.135. The lowest BCUT2D eigenvalue weighted by atomic mass is 9.98. The van der Waals surface area contributed by atoms with Crippen LogP contribution in [0.5, 0.6) is 5.75 Å². The lowest BCUT2D eigenvalue weighted by Gasteiger charge is -2.25. The average Bonchev–Trinajstić information content (AvgIpc) is 3.65. The zero-order valence-electron chi connectivity index (χ0n) is 21.8. The van der Waals surface area contributed by atoms with Crippen LogP contribution in [0.1, 0.15) is 29.2 Å². The van der Waals surface area contributed by atoms with Gasteiger partial charge in [0.15, 0.2) is 12.1 Å². The first-order valence-electron chi connectivity index (χ1n) is 12.9. The van der Waals surface area contributed by atoms with Crippen molar-refractivity contribution in [3.8, 4) is 5.75 Å². The number of carbonyl (C=O) groups excluding carboxylic acids is 3. The number of hydrazone groups is 1. The molecule has 10 nitrogen and oxygen atoms in total. The molecular formula is C29H24F2N6O4. The molecule has 3 aliphatic rings. The standard InChI is InChI=1S/C29H24F2N6O4/c1-17-7-11-20(12-8-17)36-27(39)25-26(28(36)40)35(34-32-25)16-24(38)37-23(19-5-3-2-4-6-19)15-22(33-37)18-9-13-21(14-10-18)41-29(30)31/h2-14,23,25-26,29H,15-16H2,1H3/t23-,25+,26+/m1/s1. The minimum Gasteiger partial charge on any atom is -0.435 e. The number of imide groups is 1. The third-order valence-corrected chi connectivity index (χ3v) is 7.21. The Hall–Kier alpha value is -5.00. The smallest absolute Gasteiger partial charge is 0.387 e. The summed E-state index contributed by atoms with van der Waals surface area (Å²) in [4.78, 5) is 41.1. The maximum absolute atomic E-state index is 13.7. The van der Waals surface area contributed by atoms with E-state index in [0.29, 0.717) is 23.4 Å². The molecule has 3 aromatic rings. The van der Waals surface area contributed by atoms with E-state index in [1.165, 1.54) is 22.2 Å². The number of nitrogens with zero attached hydrogens (tertiary/aromatic N) is 6. The monoisotopic (exact) mass is 558 g/mol. The summed E-state index contributed by atoms with van der Waals surface area (Å²) in [6, 6.07) is 19.9. The number of anilines is 1. The van der Waals surface area contributed by atoms with Crippen LogP contribution in [-0.4, -0.2) is 58.7 Å². The number of ether oxygens (including phenoxy) is 1. The fourth-order valence-corrected chi connectivity index (χ4v) is 5.19. The van der Waals surface area contributed by atoms with Crippen LogP contribution in [0.3, 0.4) is 0 Å². The Morgan fingerprint density at radius 2 is 1.68 bits per heavy atom. The molecule has 3 heterocycles. The second kappa shape index (κ2) is 10.5. The van der Waals surface area contributed by atoms with Crippen LogP contribution in [-0.2, 0) is 14.4 Å². The Balaban J connectivity index is 1.23.